The van der Waals surface area contributed by atoms with Crippen LogP contribution in [0.15, 0.2) is 62.1 Å². The minimum absolute atomic E-state index is 0.877. The molecule has 2 aromatic heterocycles. The highest BCUT2D eigenvalue weighted by atomic mass is 15.2. The van der Waals surface area contributed by atoms with Crippen LogP contribution in [0.4, 0.5) is 5.69 Å². The highest BCUT2D eigenvalue weighted by Crippen LogP contribution is 2.23. The Labute approximate surface area is 130 Å². The van der Waals surface area contributed by atoms with E-state index in [4.69, 9.17) is 0 Å². The Morgan fingerprint density at radius 1 is 1.18 bits per heavy atom. The molecular weight excluding hydrogens is 270 g/mol. The summed E-state index contributed by atoms with van der Waals surface area (Å²) in [6, 6.07) is 10.5. The van der Waals surface area contributed by atoms with E-state index in [1.54, 1.807) is 6.20 Å². The molecule has 0 saturated carbocycles. The Hall–Kier alpha value is -2.81. The number of fused-ring (bicyclic) bond motifs is 1. The molecule has 0 atom stereocenters. The van der Waals surface area contributed by atoms with Crippen LogP contribution in [0.25, 0.3) is 11.6 Å². The second-order valence-corrected chi connectivity index (χ2v) is 5.29. The van der Waals surface area contributed by atoms with Gasteiger partial charge in [0.15, 0.2) is 0 Å². The van der Waals surface area contributed by atoms with Gasteiger partial charge in [0.05, 0.1) is 5.52 Å². The molecule has 0 fully saturated rings. The lowest BCUT2D eigenvalue weighted by molar-refractivity contribution is 0.924. The summed E-state index contributed by atoms with van der Waals surface area (Å²) in [6.07, 6.45) is 8.31. The number of anilines is 1. The van der Waals surface area contributed by atoms with E-state index in [1.165, 1.54) is 22.2 Å². The van der Waals surface area contributed by atoms with Gasteiger partial charge in [0.25, 0.3) is 0 Å². The molecule has 0 bridgehead atoms. The smallest absolute Gasteiger partial charge is 0.0717 e. The average molecular weight is 289 g/mol. The molecule has 1 aromatic carbocycles. The molecule has 3 aromatic rings. The molecule has 1 N–H and O–H groups in total. The summed E-state index contributed by atoms with van der Waals surface area (Å²) in [4.78, 5) is 0. The number of nitrogens with one attached hydrogen (secondary N) is 1. The molecule has 3 rings (SSSR count). The molecule has 3 nitrogen and oxygen atoms in total. The van der Waals surface area contributed by atoms with Crippen molar-refractivity contribution in [1.82, 2.24) is 9.61 Å². The number of hydrogen-bond acceptors (Lipinski definition) is 2. The molecule has 0 unspecified atom stereocenters. The third-order valence-electron chi connectivity index (χ3n) is 3.89. The van der Waals surface area contributed by atoms with E-state index in [0.29, 0.717) is 0 Å². The molecular formula is C19H19N3. The number of aromatic nitrogens is 2. The molecule has 0 aliphatic heterocycles. The summed E-state index contributed by atoms with van der Waals surface area (Å²) < 4.78 is 1.94. The molecule has 3 heteroatoms. The molecule has 0 saturated heterocycles. The standard InChI is InChI=1S/C19H19N3/c1-4-16-13-22-19(14(16)3)17(10-11-21-22)12-15-6-8-18(9-7-15)20-5-2/h4-11,13,20H,1-2,12H2,3H3. The Bertz CT molecular complexity index is 826. The van der Waals surface area contributed by atoms with Gasteiger partial charge in [-0.2, -0.15) is 5.10 Å². The molecule has 0 aliphatic carbocycles. The fraction of sp³-hybridized carbons (Fsp3) is 0.105. The van der Waals surface area contributed by atoms with Gasteiger partial charge in [0, 0.05) is 18.1 Å². The average Bonchev–Trinajstić information content (AvgIpc) is 2.87. The highest BCUT2D eigenvalue weighted by Gasteiger charge is 2.10. The molecule has 22 heavy (non-hydrogen) atoms. The summed E-state index contributed by atoms with van der Waals surface area (Å²) >= 11 is 0. The van der Waals surface area contributed by atoms with E-state index in [1.807, 2.05) is 23.0 Å². The summed E-state index contributed by atoms with van der Waals surface area (Å²) in [7, 11) is 0. The van der Waals surface area contributed by atoms with Crippen LogP contribution in [0.1, 0.15) is 22.3 Å². The predicted molar refractivity (Wildman–Crippen MR) is 93.1 cm³/mol. The first-order chi connectivity index (χ1) is 10.7. The van der Waals surface area contributed by atoms with Gasteiger partial charge in [-0.05, 0) is 60.0 Å². The second kappa shape index (κ2) is 5.90. The lowest BCUT2D eigenvalue weighted by atomic mass is 10.0. The van der Waals surface area contributed by atoms with Crippen LogP contribution in [-0.2, 0) is 6.42 Å². The van der Waals surface area contributed by atoms with Crippen LogP contribution in [0.2, 0.25) is 0 Å². The van der Waals surface area contributed by atoms with E-state index in [-0.39, 0.29) is 0 Å². The third kappa shape index (κ3) is 2.53. The number of aryl methyl sites for hydroxylation is 1. The van der Waals surface area contributed by atoms with Crippen molar-refractivity contribution in [2.75, 3.05) is 5.32 Å². The van der Waals surface area contributed by atoms with E-state index in [0.717, 1.165) is 17.7 Å². The zero-order valence-electron chi connectivity index (χ0n) is 12.7. The number of rotatable bonds is 5. The van der Waals surface area contributed by atoms with Gasteiger partial charge in [0.1, 0.15) is 0 Å². The number of benzene rings is 1. The molecule has 0 amide bonds. The second-order valence-electron chi connectivity index (χ2n) is 5.29. The molecule has 0 radical (unpaired) electrons. The van der Waals surface area contributed by atoms with Gasteiger partial charge in [-0.3, -0.25) is 0 Å². The summed E-state index contributed by atoms with van der Waals surface area (Å²) in [5.74, 6) is 0. The Balaban J connectivity index is 1.98. The topological polar surface area (TPSA) is 29.3 Å². The van der Waals surface area contributed by atoms with E-state index >= 15 is 0 Å². The molecule has 110 valence electrons. The van der Waals surface area contributed by atoms with E-state index in [2.05, 4.69) is 60.8 Å². The van der Waals surface area contributed by atoms with Crippen LogP contribution < -0.4 is 5.32 Å². The lowest BCUT2D eigenvalue weighted by Crippen LogP contribution is -1.97. The van der Waals surface area contributed by atoms with Crippen molar-refractivity contribution in [1.29, 1.82) is 0 Å². The van der Waals surface area contributed by atoms with Crippen LogP contribution >= 0.6 is 0 Å². The van der Waals surface area contributed by atoms with Crippen molar-refractivity contribution in [3.8, 4) is 0 Å². The quantitative estimate of drug-likeness (QED) is 0.752. The number of hydrogen-bond donors (Lipinski definition) is 1. The first kappa shape index (κ1) is 14.1. The van der Waals surface area contributed by atoms with Gasteiger partial charge < -0.3 is 5.32 Å². The van der Waals surface area contributed by atoms with Gasteiger partial charge in [-0.25, -0.2) is 4.52 Å². The Kier molecular flexibility index (Phi) is 3.79. The number of nitrogens with zero attached hydrogens (tertiary/aromatic N) is 2. The fourth-order valence-electron chi connectivity index (χ4n) is 2.76. The van der Waals surface area contributed by atoms with Crippen molar-refractivity contribution in [3.05, 3.63) is 84.3 Å². The Morgan fingerprint density at radius 2 is 1.95 bits per heavy atom. The third-order valence-corrected chi connectivity index (χ3v) is 3.89. The zero-order chi connectivity index (χ0) is 15.5. The molecule has 0 aliphatic rings. The zero-order valence-corrected chi connectivity index (χ0v) is 12.7. The van der Waals surface area contributed by atoms with Crippen LogP contribution in [0, 0.1) is 6.92 Å². The van der Waals surface area contributed by atoms with Gasteiger partial charge in [-0.1, -0.05) is 31.4 Å². The SMILES string of the molecule is C=CNc1ccc(Cc2ccnn3cc(C=C)c(C)c23)cc1. The maximum absolute atomic E-state index is 4.40. The minimum atomic E-state index is 0.877. The van der Waals surface area contributed by atoms with Crippen LogP contribution in [0.5, 0.6) is 0 Å². The predicted octanol–water partition coefficient (Wildman–Crippen LogP) is 4.43. The van der Waals surface area contributed by atoms with Crippen molar-refractivity contribution < 1.29 is 0 Å². The maximum atomic E-state index is 4.40. The lowest BCUT2D eigenvalue weighted by Gasteiger charge is -2.07. The van der Waals surface area contributed by atoms with E-state index < -0.39 is 0 Å². The van der Waals surface area contributed by atoms with Gasteiger partial charge >= 0.3 is 0 Å². The van der Waals surface area contributed by atoms with Crippen LogP contribution in [-0.4, -0.2) is 9.61 Å². The monoisotopic (exact) mass is 289 g/mol. The maximum Gasteiger partial charge on any atom is 0.0717 e. The van der Waals surface area contributed by atoms with Crippen molar-refractivity contribution >= 4 is 17.3 Å². The summed E-state index contributed by atoms with van der Waals surface area (Å²) in [5.41, 5.74) is 7.11. The first-order valence-electron chi connectivity index (χ1n) is 7.27. The van der Waals surface area contributed by atoms with Crippen LogP contribution in [0.3, 0.4) is 0 Å². The molecule has 2 heterocycles. The van der Waals surface area contributed by atoms with E-state index in [9.17, 15) is 0 Å². The van der Waals surface area contributed by atoms with Crippen molar-refractivity contribution in [2.24, 2.45) is 0 Å². The summed E-state index contributed by atoms with van der Waals surface area (Å²) in [5, 5.41) is 7.49. The fourth-order valence-corrected chi connectivity index (χ4v) is 2.76. The summed E-state index contributed by atoms with van der Waals surface area (Å²) in [6.45, 7) is 9.66. The van der Waals surface area contributed by atoms with Crippen molar-refractivity contribution in [3.63, 3.8) is 0 Å². The first-order valence-corrected chi connectivity index (χ1v) is 7.27. The minimum Gasteiger partial charge on any atom is -0.362 e. The molecule has 0 spiro atoms. The normalized spacial score (nSPS) is 10.6. The Morgan fingerprint density at radius 3 is 2.64 bits per heavy atom. The van der Waals surface area contributed by atoms with Gasteiger partial charge in [0.2, 0.25) is 0 Å². The van der Waals surface area contributed by atoms with Crippen molar-refractivity contribution in [2.45, 2.75) is 13.3 Å². The highest BCUT2D eigenvalue weighted by molar-refractivity contribution is 5.70. The van der Waals surface area contributed by atoms with Gasteiger partial charge in [-0.15, -0.1) is 0 Å². The largest absolute Gasteiger partial charge is 0.362 e.